The van der Waals surface area contributed by atoms with E-state index in [4.69, 9.17) is 16.0 Å². The van der Waals surface area contributed by atoms with Crippen molar-refractivity contribution < 1.29 is 9.21 Å². The Hall–Kier alpha value is -2.25. The lowest BCUT2D eigenvalue weighted by molar-refractivity contribution is -0.127. The first-order valence-corrected chi connectivity index (χ1v) is 10.0. The Bertz CT molecular complexity index is 997. The molecule has 0 bridgehead atoms. The molecule has 3 rings (SSSR count). The van der Waals surface area contributed by atoms with Gasteiger partial charge in [0.2, 0.25) is 5.91 Å². The molecule has 0 atom stereocenters. The number of furan rings is 1. The van der Waals surface area contributed by atoms with Crippen molar-refractivity contribution in [2.75, 3.05) is 18.8 Å². The second-order valence-corrected chi connectivity index (χ2v) is 7.26. The van der Waals surface area contributed by atoms with E-state index in [9.17, 15) is 9.59 Å². The monoisotopic (exact) mass is 405 g/mol. The Kier molecular flexibility index (Phi) is 6.23. The standard InChI is InChI=1S/C19H20ClN3O3S/c1-3-22(4-2)17(24)12-27-19-21-16-10-13(20)7-8-15(16)18(25)23(19)11-14-6-5-9-26-14/h5-10H,3-4,11-12H2,1-2H3. The molecule has 0 saturated carbocycles. The van der Waals surface area contributed by atoms with Crippen LogP contribution in [0.3, 0.4) is 0 Å². The molecule has 0 aliphatic carbocycles. The van der Waals surface area contributed by atoms with Crippen LogP contribution in [-0.2, 0) is 11.3 Å². The maximum Gasteiger partial charge on any atom is 0.262 e. The van der Waals surface area contributed by atoms with Crippen LogP contribution < -0.4 is 5.56 Å². The maximum atomic E-state index is 13.0. The molecule has 1 aromatic carbocycles. The number of hydrogen-bond acceptors (Lipinski definition) is 5. The van der Waals surface area contributed by atoms with E-state index >= 15 is 0 Å². The highest BCUT2D eigenvalue weighted by molar-refractivity contribution is 7.99. The molecule has 0 aliphatic heterocycles. The third-order valence-electron chi connectivity index (χ3n) is 4.22. The van der Waals surface area contributed by atoms with E-state index in [-0.39, 0.29) is 23.8 Å². The lowest BCUT2D eigenvalue weighted by Gasteiger charge is -2.18. The van der Waals surface area contributed by atoms with Crippen molar-refractivity contribution >= 4 is 40.2 Å². The summed E-state index contributed by atoms with van der Waals surface area (Å²) in [4.78, 5) is 31.7. The highest BCUT2D eigenvalue weighted by Crippen LogP contribution is 2.21. The fraction of sp³-hybridized carbons (Fsp3) is 0.316. The van der Waals surface area contributed by atoms with E-state index in [1.54, 1.807) is 41.5 Å². The van der Waals surface area contributed by atoms with E-state index in [2.05, 4.69) is 4.98 Å². The Morgan fingerprint density at radius 3 is 2.74 bits per heavy atom. The molecule has 6 nitrogen and oxygen atoms in total. The molecule has 2 heterocycles. The average molecular weight is 406 g/mol. The van der Waals surface area contributed by atoms with Crippen molar-refractivity contribution in [1.82, 2.24) is 14.5 Å². The van der Waals surface area contributed by atoms with Gasteiger partial charge in [-0.15, -0.1) is 0 Å². The van der Waals surface area contributed by atoms with Crippen LogP contribution in [0.1, 0.15) is 19.6 Å². The first-order valence-electron chi connectivity index (χ1n) is 8.66. The zero-order valence-corrected chi connectivity index (χ0v) is 16.7. The maximum absolute atomic E-state index is 13.0. The largest absolute Gasteiger partial charge is 0.467 e. The topological polar surface area (TPSA) is 68.3 Å². The van der Waals surface area contributed by atoms with Gasteiger partial charge in [-0.05, 0) is 44.2 Å². The molecule has 0 saturated heterocycles. The molecule has 0 N–H and O–H groups in total. The van der Waals surface area contributed by atoms with Gasteiger partial charge in [-0.2, -0.15) is 0 Å². The third-order valence-corrected chi connectivity index (χ3v) is 5.41. The van der Waals surface area contributed by atoms with Gasteiger partial charge in [0.1, 0.15) is 5.76 Å². The summed E-state index contributed by atoms with van der Waals surface area (Å²) in [5, 5.41) is 1.45. The van der Waals surface area contributed by atoms with Crippen molar-refractivity contribution in [3.8, 4) is 0 Å². The first kappa shape index (κ1) is 19.5. The van der Waals surface area contributed by atoms with Crippen LogP contribution >= 0.6 is 23.4 Å². The van der Waals surface area contributed by atoms with E-state index in [1.165, 1.54) is 16.3 Å². The van der Waals surface area contributed by atoms with Gasteiger partial charge in [-0.3, -0.25) is 14.2 Å². The minimum absolute atomic E-state index is 0.00925. The molecule has 0 fully saturated rings. The van der Waals surface area contributed by atoms with E-state index in [0.29, 0.717) is 39.9 Å². The summed E-state index contributed by atoms with van der Waals surface area (Å²) < 4.78 is 6.92. The highest BCUT2D eigenvalue weighted by Gasteiger charge is 2.16. The van der Waals surface area contributed by atoms with E-state index in [0.717, 1.165) is 0 Å². The summed E-state index contributed by atoms with van der Waals surface area (Å²) in [6, 6.07) is 8.56. The van der Waals surface area contributed by atoms with Crippen LogP contribution in [0.5, 0.6) is 0 Å². The summed E-state index contributed by atoms with van der Waals surface area (Å²) in [6.07, 6.45) is 1.56. The number of aromatic nitrogens is 2. The number of carbonyl (C=O) groups excluding carboxylic acids is 1. The van der Waals surface area contributed by atoms with Crippen LogP contribution in [0.2, 0.25) is 5.02 Å². The Morgan fingerprint density at radius 1 is 1.30 bits per heavy atom. The van der Waals surface area contributed by atoms with Gasteiger partial charge in [0.25, 0.3) is 5.56 Å². The molecule has 0 spiro atoms. The minimum atomic E-state index is -0.189. The Balaban J connectivity index is 2.00. The molecule has 1 amide bonds. The van der Waals surface area contributed by atoms with Gasteiger partial charge >= 0.3 is 0 Å². The Labute approximate surface area is 166 Å². The molecule has 2 aromatic heterocycles. The predicted molar refractivity (Wildman–Crippen MR) is 107 cm³/mol. The van der Waals surface area contributed by atoms with Crippen LogP contribution in [0.4, 0.5) is 0 Å². The normalized spacial score (nSPS) is 11.1. The summed E-state index contributed by atoms with van der Waals surface area (Å²) in [6.45, 7) is 5.43. The molecule has 27 heavy (non-hydrogen) atoms. The summed E-state index contributed by atoms with van der Waals surface area (Å²) >= 11 is 7.30. The van der Waals surface area contributed by atoms with Crippen molar-refractivity contribution in [2.24, 2.45) is 0 Å². The number of rotatable bonds is 7. The first-order chi connectivity index (χ1) is 13.0. The molecule has 0 aliphatic rings. The van der Waals surface area contributed by atoms with Crippen molar-refractivity contribution in [3.05, 3.63) is 57.7 Å². The predicted octanol–water partition coefficient (Wildman–Crippen LogP) is 3.65. The molecule has 8 heteroatoms. The zero-order valence-electron chi connectivity index (χ0n) is 15.1. The number of fused-ring (bicyclic) bond motifs is 1. The SMILES string of the molecule is CCN(CC)C(=O)CSc1nc2cc(Cl)ccc2c(=O)n1Cc1ccco1. The van der Waals surface area contributed by atoms with Gasteiger partial charge in [0, 0.05) is 18.1 Å². The quantitative estimate of drug-likeness (QED) is 0.443. The summed E-state index contributed by atoms with van der Waals surface area (Å²) in [5.41, 5.74) is 0.326. The van der Waals surface area contributed by atoms with Gasteiger partial charge < -0.3 is 9.32 Å². The molecule has 142 valence electrons. The minimum Gasteiger partial charge on any atom is -0.467 e. The summed E-state index contributed by atoms with van der Waals surface area (Å²) in [5.74, 6) is 0.859. The molecular formula is C19H20ClN3O3S. The van der Waals surface area contributed by atoms with E-state index < -0.39 is 0 Å². The van der Waals surface area contributed by atoms with Crippen molar-refractivity contribution in [1.29, 1.82) is 0 Å². The average Bonchev–Trinajstić information content (AvgIpc) is 3.16. The number of thioether (sulfide) groups is 1. The number of nitrogens with zero attached hydrogens (tertiary/aromatic N) is 3. The number of carbonyl (C=O) groups is 1. The number of hydrogen-bond donors (Lipinski definition) is 0. The highest BCUT2D eigenvalue weighted by atomic mass is 35.5. The summed E-state index contributed by atoms with van der Waals surface area (Å²) in [7, 11) is 0. The number of halogens is 1. The zero-order chi connectivity index (χ0) is 19.4. The molecular weight excluding hydrogens is 386 g/mol. The van der Waals surface area contributed by atoms with E-state index in [1.807, 2.05) is 13.8 Å². The lowest BCUT2D eigenvalue weighted by atomic mass is 10.2. The van der Waals surface area contributed by atoms with Gasteiger partial charge in [0.05, 0.1) is 29.5 Å². The molecule has 0 unspecified atom stereocenters. The molecule has 3 aromatic rings. The van der Waals surface area contributed by atoms with Gasteiger partial charge in [0.15, 0.2) is 5.16 Å². The van der Waals surface area contributed by atoms with Crippen LogP contribution in [-0.4, -0.2) is 39.2 Å². The Morgan fingerprint density at radius 2 is 2.07 bits per heavy atom. The van der Waals surface area contributed by atoms with Crippen LogP contribution in [0, 0.1) is 0 Å². The lowest BCUT2D eigenvalue weighted by Crippen LogP contribution is -2.32. The third kappa shape index (κ3) is 4.36. The fourth-order valence-corrected chi connectivity index (χ4v) is 3.84. The second kappa shape index (κ2) is 8.63. The number of benzene rings is 1. The number of amides is 1. The van der Waals surface area contributed by atoms with Gasteiger partial charge in [-0.1, -0.05) is 23.4 Å². The smallest absolute Gasteiger partial charge is 0.262 e. The second-order valence-electron chi connectivity index (χ2n) is 5.88. The fourth-order valence-electron chi connectivity index (χ4n) is 2.78. The van der Waals surface area contributed by atoms with Gasteiger partial charge in [-0.25, -0.2) is 4.98 Å². The van der Waals surface area contributed by atoms with Crippen molar-refractivity contribution in [3.63, 3.8) is 0 Å². The van der Waals surface area contributed by atoms with Crippen molar-refractivity contribution in [2.45, 2.75) is 25.5 Å². The van der Waals surface area contributed by atoms with Crippen LogP contribution in [0.15, 0.2) is 51.0 Å². The van der Waals surface area contributed by atoms with Crippen LogP contribution in [0.25, 0.3) is 10.9 Å². The molecule has 0 radical (unpaired) electrons.